The summed E-state index contributed by atoms with van der Waals surface area (Å²) < 4.78 is 14.9. The quantitative estimate of drug-likeness (QED) is 0.640. The number of amides is 2. The number of aryl methyl sites for hydroxylation is 2. The van der Waals surface area contributed by atoms with Crippen LogP contribution in [-0.2, 0) is 4.79 Å². The van der Waals surface area contributed by atoms with Crippen LogP contribution in [0.2, 0.25) is 0 Å². The molecule has 0 aromatic heterocycles. The molecule has 0 unspecified atom stereocenters. The number of hydrazone groups is 1. The highest BCUT2D eigenvalue weighted by Gasteiger charge is 2.47. The van der Waals surface area contributed by atoms with Gasteiger partial charge in [0.15, 0.2) is 6.04 Å². The van der Waals surface area contributed by atoms with Gasteiger partial charge in [-0.3, -0.25) is 9.59 Å². The Balaban J connectivity index is 1.69. The van der Waals surface area contributed by atoms with Gasteiger partial charge in [-0.2, -0.15) is 0 Å². The van der Waals surface area contributed by atoms with Crippen LogP contribution >= 0.6 is 0 Å². The third kappa shape index (κ3) is 4.53. The molecule has 0 bridgehead atoms. The number of benzene rings is 3. The van der Waals surface area contributed by atoms with Gasteiger partial charge >= 0.3 is 5.91 Å². The van der Waals surface area contributed by atoms with E-state index in [4.69, 9.17) is 0 Å². The molecular formula is C25H23FN3O2+. The Labute approximate surface area is 180 Å². The van der Waals surface area contributed by atoms with Crippen molar-refractivity contribution in [1.29, 1.82) is 0 Å². The van der Waals surface area contributed by atoms with Gasteiger partial charge in [0.1, 0.15) is 5.82 Å². The predicted octanol–water partition coefficient (Wildman–Crippen LogP) is 3.46. The van der Waals surface area contributed by atoms with Gasteiger partial charge in [-0.1, -0.05) is 47.5 Å². The molecular weight excluding hydrogens is 393 g/mol. The SMILES string of the molecule is Cc1ccc(/C=[N+]2\NC(=O)[C@@H](NC(=O)c3ccc(F)cc3)[C@@H]2c2ccc(C)cc2)cc1. The first-order chi connectivity index (χ1) is 14.9. The van der Waals surface area contributed by atoms with Crippen molar-refractivity contribution < 1.29 is 18.7 Å². The predicted molar refractivity (Wildman–Crippen MR) is 116 cm³/mol. The largest absolute Gasteiger partial charge is 0.334 e. The lowest BCUT2D eigenvalue weighted by molar-refractivity contribution is -0.596. The van der Waals surface area contributed by atoms with Gasteiger partial charge in [0.25, 0.3) is 5.91 Å². The number of halogens is 1. The fraction of sp³-hybridized carbons (Fsp3) is 0.160. The lowest BCUT2D eigenvalue weighted by atomic mass is 9.98. The number of hydrazine groups is 1. The molecule has 1 aliphatic rings. The Kier molecular flexibility index (Phi) is 5.62. The molecule has 2 amide bonds. The van der Waals surface area contributed by atoms with Crippen molar-refractivity contribution in [2.75, 3.05) is 0 Å². The maximum absolute atomic E-state index is 13.2. The summed E-state index contributed by atoms with van der Waals surface area (Å²) in [6.45, 7) is 4.00. The number of hydrogen-bond donors (Lipinski definition) is 2. The minimum absolute atomic E-state index is 0.290. The van der Waals surface area contributed by atoms with E-state index >= 15 is 0 Å². The van der Waals surface area contributed by atoms with E-state index in [1.807, 2.05) is 68.6 Å². The summed E-state index contributed by atoms with van der Waals surface area (Å²) in [5.74, 6) is -1.18. The fourth-order valence-electron chi connectivity index (χ4n) is 3.58. The van der Waals surface area contributed by atoms with E-state index < -0.39 is 23.8 Å². The molecule has 1 fully saturated rings. The number of hydrogen-bond acceptors (Lipinski definition) is 2. The summed E-state index contributed by atoms with van der Waals surface area (Å²) in [6.07, 6.45) is 1.85. The molecule has 0 radical (unpaired) electrons. The van der Waals surface area contributed by atoms with Gasteiger partial charge in [0.05, 0.1) is 0 Å². The smallest absolute Gasteiger partial charge is 0.304 e. The average Bonchev–Trinajstić information content (AvgIpc) is 3.05. The first-order valence-corrected chi connectivity index (χ1v) is 10.0. The molecule has 1 heterocycles. The summed E-state index contributed by atoms with van der Waals surface area (Å²) in [6, 6.07) is 19.8. The molecule has 1 aliphatic heterocycles. The van der Waals surface area contributed by atoms with Crippen LogP contribution in [-0.4, -0.2) is 28.8 Å². The zero-order chi connectivity index (χ0) is 22.0. The van der Waals surface area contributed by atoms with Crippen LogP contribution in [0.5, 0.6) is 0 Å². The van der Waals surface area contributed by atoms with Crippen molar-refractivity contribution in [3.63, 3.8) is 0 Å². The second-order valence-electron chi connectivity index (χ2n) is 7.74. The van der Waals surface area contributed by atoms with E-state index in [-0.39, 0.29) is 11.5 Å². The maximum atomic E-state index is 13.2. The van der Waals surface area contributed by atoms with Crippen LogP contribution in [0, 0.1) is 19.7 Å². The second-order valence-corrected chi connectivity index (χ2v) is 7.74. The first kappa shape index (κ1) is 20.5. The third-order valence-electron chi connectivity index (χ3n) is 5.31. The number of nitrogens with one attached hydrogen (secondary N) is 2. The van der Waals surface area contributed by atoms with Gasteiger partial charge in [-0.05, 0) is 50.2 Å². The van der Waals surface area contributed by atoms with Crippen LogP contribution in [0.15, 0.2) is 72.8 Å². The number of carbonyl (C=O) groups is 2. The number of rotatable bonds is 4. The minimum atomic E-state index is -0.818. The van der Waals surface area contributed by atoms with Crippen LogP contribution in [0.3, 0.4) is 0 Å². The Morgan fingerprint density at radius 2 is 1.52 bits per heavy atom. The lowest BCUT2D eigenvalue weighted by Crippen LogP contribution is -2.42. The van der Waals surface area contributed by atoms with E-state index in [2.05, 4.69) is 10.7 Å². The van der Waals surface area contributed by atoms with Gasteiger partial charge < -0.3 is 5.32 Å². The molecule has 31 heavy (non-hydrogen) atoms. The number of carbonyl (C=O) groups excluding carboxylic acids is 2. The van der Waals surface area contributed by atoms with Crippen molar-refractivity contribution in [2.45, 2.75) is 25.9 Å². The minimum Gasteiger partial charge on any atom is -0.334 e. The average molecular weight is 416 g/mol. The van der Waals surface area contributed by atoms with Crippen LogP contribution < -0.4 is 10.7 Å². The zero-order valence-electron chi connectivity index (χ0n) is 17.3. The lowest BCUT2D eigenvalue weighted by Gasteiger charge is -2.15. The molecule has 0 spiro atoms. The van der Waals surface area contributed by atoms with Crippen molar-refractivity contribution in [1.82, 2.24) is 10.7 Å². The monoisotopic (exact) mass is 416 g/mol. The zero-order valence-corrected chi connectivity index (χ0v) is 17.3. The summed E-state index contributed by atoms with van der Waals surface area (Å²) in [4.78, 5) is 25.6. The highest BCUT2D eigenvalue weighted by molar-refractivity contribution is 5.98. The molecule has 5 nitrogen and oxygen atoms in total. The Morgan fingerprint density at radius 3 is 2.13 bits per heavy atom. The third-order valence-corrected chi connectivity index (χ3v) is 5.31. The molecule has 156 valence electrons. The van der Waals surface area contributed by atoms with Gasteiger partial charge in [0, 0.05) is 16.7 Å². The summed E-state index contributed by atoms with van der Waals surface area (Å²) in [5, 5.41) is 2.82. The second kappa shape index (κ2) is 8.52. The van der Waals surface area contributed by atoms with E-state index in [0.29, 0.717) is 0 Å². The molecule has 1 saturated heterocycles. The van der Waals surface area contributed by atoms with Gasteiger partial charge in [-0.15, -0.1) is 10.1 Å². The molecule has 6 heteroatoms. The van der Waals surface area contributed by atoms with Crippen molar-refractivity contribution >= 4 is 18.0 Å². The van der Waals surface area contributed by atoms with Crippen LogP contribution in [0.25, 0.3) is 0 Å². The molecule has 3 aromatic carbocycles. The first-order valence-electron chi connectivity index (χ1n) is 10.0. The van der Waals surface area contributed by atoms with Crippen LogP contribution in [0.4, 0.5) is 4.39 Å². The highest BCUT2D eigenvalue weighted by Crippen LogP contribution is 2.26. The normalized spacial score (nSPS) is 19.3. The number of nitrogens with zero attached hydrogens (tertiary/aromatic N) is 1. The van der Waals surface area contributed by atoms with E-state index in [9.17, 15) is 14.0 Å². The van der Waals surface area contributed by atoms with Crippen molar-refractivity contribution in [3.8, 4) is 0 Å². The van der Waals surface area contributed by atoms with Crippen LogP contribution in [0.1, 0.15) is 38.7 Å². The summed E-state index contributed by atoms with van der Waals surface area (Å²) in [5.41, 5.74) is 7.20. The van der Waals surface area contributed by atoms with E-state index in [1.165, 1.54) is 24.3 Å². The Morgan fingerprint density at radius 1 is 0.935 bits per heavy atom. The summed E-state index contributed by atoms with van der Waals surface area (Å²) in [7, 11) is 0. The van der Waals surface area contributed by atoms with Gasteiger partial charge in [-0.25, -0.2) is 4.39 Å². The van der Waals surface area contributed by atoms with E-state index in [1.54, 1.807) is 4.68 Å². The topological polar surface area (TPSA) is 61.2 Å². The maximum Gasteiger partial charge on any atom is 0.304 e. The highest BCUT2D eigenvalue weighted by atomic mass is 19.1. The van der Waals surface area contributed by atoms with Crippen molar-refractivity contribution in [2.24, 2.45) is 0 Å². The molecule has 0 saturated carbocycles. The molecule has 2 N–H and O–H groups in total. The Hall–Kier alpha value is -3.80. The standard InChI is InChI=1S/C25H22FN3O2/c1-16-3-7-18(8-4-16)15-29-23(19-9-5-17(2)6-10-19)22(25(31)28-29)27-24(30)20-11-13-21(26)14-12-20/h3-15,22-23H,1-2H3,(H-,27,28,30,31)/p+1/b29-15-/t22-,23-/m0/s1. The summed E-state index contributed by atoms with van der Waals surface area (Å²) >= 11 is 0. The molecule has 2 atom stereocenters. The van der Waals surface area contributed by atoms with Gasteiger partial charge in [0.2, 0.25) is 12.3 Å². The molecule has 3 aromatic rings. The molecule has 0 aliphatic carbocycles. The fourth-order valence-corrected chi connectivity index (χ4v) is 3.58. The van der Waals surface area contributed by atoms with E-state index in [0.717, 1.165) is 22.3 Å². The molecule has 4 rings (SSSR count). The van der Waals surface area contributed by atoms with Crippen molar-refractivity contribution in [3.05, 3.63) is 106 Å². The Bertz CT molecular complexity index is 1140.